The van der Waals surface area contributed by atoms with Crippen molar-refractivity contribution in [3.05, 3.63) is 12.7 Å². The molecule has 0 aromatic carbocycles. The molecule has 0 saturated carbocycles. The van der Waals surface area contributed by atoms with E-state index in [0.29, 0.717) is 88.4 Å². The van der Waals surface area contributed by atoms with Gasteiger partial charge in [0.15, 0.2) is 23.8 Å². The Morgan fingerprint density at radius 3 is 2.28 bits per heavy atom. The third-order valence-electron chi connectivity index (χ3n) is 11.2. The zero-order valence-corrected chi connectivity index (χ0v) is 37.1. The Hall–Kier alpha value is -4.43. The quantitative estimate of drug-likeness (QED) is 0.0216. The first-order valence-corrected chi connectivity index (χ1v) is 23.2. The molecule has 0 radical (unpaired) electrons. The predicted molar refractivity (Wildman–Crippen MR) is 230 cm³/mol. The minimum Gasteiger partial charge on any atom is -0.463 e. The highest BCUT2D eigenvalue weighted by molar-refractivity contribution is 8.00. The van der Waals surface area contributed by atoms with Gasteiger partial charge in [0.2, 0.25) is 11.8 Å². The van der Waals surface area contributed by atoms with Crippen molar-refractivity contribution in [3.63, 3.8) is 0 Å². The maximum Gasteiger partial charge on any atom is 0.315 e. The summed E-state index contributed by atoms with van der Waals surface area (Å²) in [7, 11) is 0. The van der Waals surface area contributed by atoms with Crippen LogP contribution in [-0.4, -0.2) is 161 Å². The number of nitrogens with one attached hydrogen (secondary N) is 6. The predicted octanol–water partition coefficient (Wildman–Crippen LogP) is -0.315. The number of carbonyl (C=O) groups excluding carboxylic acids is 5. The van der Waals surface area contributed by atoms with Gasteiger partial charge in [-0.25, -0.2) is 30.6 Å². The SMILES string of the molecule is CC1(CCC(=O)O[C@@H]2[C@H](O)[C@@H](COC(=O)CCCC(=O)NCCCOCCOCCOCCCNC(=O)CCCC[C@H]3SC[C@H]4NC(=O)N[C@H]43)O[C@H]2n2cnc3c(N)ncnc32)NN1. The third kappa shape index (κ3) is 15.1. The molecule has 4 aliphatic rings. The van der Waals surface area contributed by atoms with Crippen LogP contribution in [0.2, 0.25) is 0 Å². The van der Waals surface area contributed by atoms with Gasteiger partial charge >= 0.3 is 18.0 Å². The minimum atomic E-state index is -1.35. The number of carbonyl (C=O) groups is 5. The molecule has 356 valence electrons. The number of ether oxygens (including phenoxy) is 6. The van der Waals surface area contributed by atoms with Crippen LogP contribution in [0.5, 0.6) is 0 Å². The molecule has 4 amide bonds. The van der Waals surface area contributed by atoms with E-state index in [-0.39, 0.29) is 73.7 Å². The van der Waals surface area contributed by atoms with Gasteiger partial charge in [0.25, 0.3) is 0 Å². The van der Waals surface area contributed by atoms with Crippen LogP contribution in [0.25, 0.3) is 11.2 Å². The fourth-order valence-electron chi connectivity index (χ4n) is 7.49. The van der Waals surface area contributed by atoms with E-state index in [1.54, 1.807) is 0 Å². The number of hydrazine groups is 1. The van der Waals surface area contributed by atoms with Gasteiger partial charge in [-0.05, 0) is 45.4 Å². The molecule has 0 bridgehead atoms. The molecule has 64 heavy (non-hydrogen) atoms. The number of aliphatic hydroxyl groups excluding tert-OH is 1. The Morgan fingerprint density at radius 2 is 1.58 bits per heavy atom. The molecule has 2 aromatic rings. The minimum absolute atomic E-state index is 0.0293. The number of amides is 4. The first-order chi connectivity index (χ1) is 31.0. The van der Waals surface area contributed by atoms with Crippen molar-refractivity contribution in [2.45, 2.75) is 125 Å². The third-order valence-corrected chi connectivity index (χ3v) is 12.7. The van der Waals surface area contributed by atoms with Crippen molar-refractivity contribution in [1.82, 2.24) is 51.6 Å². The van der Waals surface area contributed by atoms with E-state index >= 15 is 0 Å². The van der Waals surface area contributed by atoms with Crippen molar-refractivity contribution in [2.24, 2.45) is 0 Å². The highest BCUT2D eigenvalue weighted by Gasteiger charge is 2.49. The van der Waals surface area contributed by atoms with Crippen molar-refractivity contribution >= 4 is 58.5 Å². The topological polar surface area (TPSA) is 323 Å². The second-order valence-electron chi connectivity index (χ2n) is 16.3. The van der Waals surface area contributed by atoms with E-state index in [2.05, 4.69) is 47.1 Å². The summed E-state index contributed by atoms with van der Waals surface area (Å²) >= 11 is 1.89. The van der Waals surface area contributed by atoms with Crippen LogP contribution in [0.1, 0.15) is 83.8 Å². The number of nitrogens with zero attached hydrogens (tertiary/aromatic N) is 4. The largest absolute Gasteiger partial charge is 0.463 e. The number of aromatic nitrogens is 4. The lowest BCUT2D eigenvalue weighted by molar-refractivity contribution is -0.158. The van der Waals surface area contributed by atoms with E-state index in [4.69, 9.17) is 34.2 Å². The molecule has 23 nitrogen and oxygen atoms in total. The van der Waals surface area contributed by atoms with Gasteiger partial charge in [-0.2, -0.15) is 11.8 Å². The number of rotatable bonds is 30. The number of fused-ring (bicyclic) bond motifs is 2. The summed E-state index contributed by atoms with van der Waals surface area (Å²) < 4.78 is 35.3. The lowest BCUT2D eigenvalue weighted by Crippen LogP contribution is -2.38. The summed E-state index contributed by atoms with van der Waals surface area (Å²) in [4.78, 5) is 73.7. The molecular weight excluding hydrogens is 859 g/mol. The van der Waals surface area contributed by atoms with Gasteiger partial charge in [0.05, 0.1) is 50.5 Å². The Kier molecular flexibility index (Phi) is 19.0. The van der Waals surface area contributed by atoms with Crippen molar-refractivity contribution < 1.29 is 57.5 Å². The summed E-state index contributed by atoms with van der Waals surface area (Å²) in [6, 6.07) is 0.357. The van der Waals surface area contributed by atoms with Gasteiger partial charge in [-0.15, -0.1) is 0 Å². The van der Waals surface area contributed by atoms with Crippen LogP contribution in [-0.2, 0) is 47.6 Å². The number of hydrogen-bond acceptors (Lipinski definition) is 19. The number of imidazole rings is 1. The number of anilines is 1. The smallest absolute Gasteiger partial charge is 0.315 e. The van der Waals surface area contributed by atoms with Gasteiger partial charge in [-0.3, -0.25) is 23.7 Å². The molecule has 7 atom stereocenters. The average molecular weight is 922 g/mol. The number of nitrogen functional groups attached to an aromatic ring is 1. The molecule has 9 N–H and O–H groups in total. The van der Waals surface area contributed by atoms with E-state index in [0.717, 1.165) is 31.4 Å². The zero-order valence-electron chi connectivity index (χ0n) is 36.3. The van der Waals surface area contributed by atoms with E-state index in [1.807, 2.05) is 18.7 Å². The molecule has 0 unspecified atom stereocenters. The molecule has 0 spiro atoms. The lowest BCUT2D eigenvalue weighted by Gasteiger charge is -2.22. The number of urea groups is 1. The molecular formula is C40H63N11O12S. The average Bonchev–Trinajstić information content (AvgIpc) is 3.57. The molecule has 2 aromatic heterocycles. The van der Waals surface area contributed by atoms with Crippen molar-refractivity contribution in [1.29, 1.82) is 0 Å². The summed E-state index contributed by atoms with van der Waals surface area (Å²) in [5.41, 5.74) is 12.1. The number of nitrogens with two attached hydrogens (primary N) is 1. The maximum atomic E-state index is 12.8. The molecule has 6 rings (SSSR count). The van der Waals surface area contributed by atoms with Crippen LogP contribution in [0, 0.1) is 0 Å². The fraction of sp³-hybridized carbons (Fsp3) is 0.750. The van der Waals surface area contributed by atoms with Crippen LogP contribution < -0.4 is 37.9 Å². The number of hydrogen-bond donors (Lipinski definition) is 8. The van der Waals surface area contributed by atoms with Gasteiger partial charge < -0.3 is 60.5 Å². The highest BCUT2D eigenvalue weighted by Crippen LogP contribution is 2.35. The Morgan fingerprint density at radius 1 is 0.891 bits per heavy atom. The second kappa shape index (κ2) is 24.7. The van der Waals surface area contributed by atoms with E-state index in [9.17, 15) is 29.1 Å². The highest BCUT2D eigenvalue weighted by atomic mass is 32.2. The molecule has 6 heterocycles. The molecule has 4 saturated heterocycles. The summed E-state index contributed by atoms with van der Waals surface area (Å²) in [6.45, 7) is 5.23. The van der Waals surface area contributed by atoms with Crippen molar-refractivity contribution in [2.75, 3.05) is 70.8 Å². The van der Waals surface area contributed by atoms with Gasteiger partial charge in [-0.1, -0.05) is 6.42 Å². The molecule has 4 aliphatic heterocycles. The Bertz CT molecular complexity index is 1860. The Balaban J connectivity index is 0.724. The number of aliphatic hydroxyl groups is 1. The standard InChI is InChI=1S/C40H63N11O12S/c1-40(49-50-40)12-11-31(55)63-35-34(56)26(62-38(35)51-24-46-33-36(41)44-23-45-37(33)51)21-61-30(54)10-4-9-29(53)43-14-6-16-59-18-20-60-19-17-58-15-5-13-42-28(52)8-3-2-7-27-32-25(22-64-27)47-39(57)48-32/h23-27,32,34-35,38,49-50,56H,2-22H2,1H3,(H,42,52)(H,43,53)(H2,41,44,45)(H2,47,48,57)/t25-,26-,27-,32-,34-,35-,38-/m1/s1. The van der Waals surface area contributed by atoms with Crippen LogP contribution in [0.15, 0.2) is 12.7 Å². The van der Waals surface area contributed by atoms with Crippen LogP contribution in [0.4, 0.5) is 10.6 Å². The van der Waals surface area contributed by atoms with E-state index in [1.165, 1.54) is 17.2 Å². The monoisotopic (exact) mass is 921 g/mol. The molecule has 4 fully saturated rings. The lowest BCUT2D eigenvalue weighted by atomic mass is 10.0. The van der Waals surface area contributed by atoms with Gasteiger partial charge in [0.1, 0.15) is 30.7 Å². The van der Waals surface area contributed by atoms with Crippen LogP contribution >= 0.6 is 11.8 Å². The maximum absolute atomic E-state index is 12.8. The first kappa shape index (κ1) is 49.0. The van der Waals surface area contributed by atoms with Gasteiger partial charge in [0, 0.05) is 63.0 Å². The second-order valence-corrected chi connectivity index (χ2v) is 17.6. The summed E-state index contributed by atoms with van der Waals surface area (Å²) in [5.74, 6) is -0.201. The summed E-state index contributed by atoms with van der Waals surface area (Å²) in [6.07, 6.45) is 3.54. The fourth-order valence-corrected chi connectivity index (χ4v) is 9.04. The number of esters is 2. The molecule has 24 heteroatoms. The molecule has 0 aliphatic carbocycles. The number of unbranched alkanes of at least 4 members (excludes halogenated alkanes) is 1. The summed E-state index contributed by atoms with van der Waals surface area (Å²) in [5, 5.41) is 23.3. The Labute approximate surface area is 375 Å². The zero-order chi connectivity index (χ0) is 45.3. The van der Waals surface area contributed by atoms with Crippen molar-refractivity contribution in [3.8, 4) is 0 Å². The number of thioether (sulfide) groups is 1. The van der Waals surface area contributed by atoms with Crippen LogP contribution in [0.3, 0.4) is 0 Å². The van der Waals surface area contributed by atoms with E-state index < -0.39 is 36.5 Å². The normalized spacial score (nSPS) is 24.2. The first-order valence-electron chi connectivity index (χ1n) is 22.1.